The van der Waals surface area contributed by atoms with Crippen molar-refractivity contribution in [1.82, 2.24) is 9.88 Å². The Morgan fingerprint density at radius 2 is 1.56 bits per heavy atom. The Morgan fingerprint density at radius 3 is 2.19 bits per heavy atom. The van der Waals surface area contributed by atoms with E-state index in [1.165, 1.54) is 25.4 Å². The molecular weight excluding hydrogens is 348 g/mol. The number of rotatable bonds is 4. The second-order valence-corrected chi connectivity index (χ2v) is 6.08. The highest BCUT2D eigenvalue weighted by Gasteiger charge is 2.20. The summed E-state index contributed by atoms with van der Waals surface area (Å²) >= 11 is 0. The molecular formula is C19H20N4O4. The molecule has 2 heterocycles. The molecule has 0 aliphatic carbocycles. The van der Waals surface area contributed by atoms with E-state index in [0.717, 1.165) is 0 Å². The van der Waals surface area contributed by atoms with Gasteiger partial charge in [-0.1, -0.05) is 0 Å². The van der Waals surface area contributed by atoms with Crippen LogP contribution in [0.4, 0.5) is 11.4 Å². The zero-order valence-corrected chi connectivity index (χ0v) is 14.9. The van der Waals surface area contributed by atoms with E-state index in [-0.39, 0.29) is 17.7 Å². The molecule has 1 aliphatic rings. The Kier molecular flexibility index (Phi) is 5.77. The highest BCUT2D eigenvalue weighted by molar-refractivity contribution is 6.06. The minimum Gasteiger partial charge on any atom is -0.378 e. The number of morpholine rings is 1. The molecule has 8 heteroatoms. The summed E-state index contributed by atoms with van der Waals surface area (Å²) < 4.78 is 5.25. The first kappa shape index (κ1) is 18.5. The van der Waals surface area contributed by atoms with Crippen molar-refractivity contribution in [2.75, 3.05) is 36.9 Å². The van der Waals surface area contributed by atoms with Gasteiger partial charge in [-0.15, -0.1) is 0 Å². The third kappa shape index (κ3) is 4.89. The number of nitrogens with zero attached hydrogens (tertiary/aromatic N) is 2. The molecule has 0 atom stereocenters. The van der Waals surface area contributed by atoms with Gasteiger partial charge < -0.3 is 20.3 Å². The van der Waals surface area contributed by atoms with Gasteiger partial charge in [0, 0.05) is 43.8 Å². The van der Waals surface area contributed by atoms with Crippen LogP contribution in [0.3, 0.4) is 0 Å². The lowest BCUT2D eigenvalue weighted by Crippen LogP contribution is -2.40. The predicted molar refractivity (Wildman–Crippen MR) is 99.7 cm³/mol. The fourth-order valence-electron chi connectivity index (χ4n) is 2.67. The zero-order chi connectivity index (χ0) is 19.2. The van der Waals surface area contributed by atoms with E-state index in [1.54, 1.807) is 29.2 Å². The largest absolute Gasteiger partial charge is 0.378 e. The first-order chi connectivity index (χ1) is 13.0. The number of ether oxygens (including phenoxy) is 1. The van der Waals surface area contributed by atoms with Gasteiger partial charge in [0.25, 0.3) is 11.8 Å². The SMILES string of the molecule is CC(=O)Nc1ccc(NC(=O)c2cncc(C(=O)N3CCOCC3)c2)cc1. The number of carbonyl (C=O) groups excluding carboxylic acids is 3. The minimum absolute atomic E-state index is 0.167. The molecule has 3 rings (SSSR count). The van der Waals surface area contributed by atoms with Gasteiger partial charge in [-0.2, -0.15) is 0 Å². The molecule has 1 aromatic carbocycles. The number of amides is 3. The maximum atomic E-state index is 12.5. The van der Waals surface area contributed by atoms with Crippen LogP contribution in [0, 0.1) is 0 Å². The molecule has 0 saturated carbocycles. The Morgan fingerprint density at radius 1 is 0.963 bits per heavy atom. The summed E-state index contributed by atoms with van der Waals surface area (Å²) in [6, 6.07) is 8.27. The van der Waals surface area contributed by atoms with E-state index in [9.17, 15) is 14.4 Å². The summed E-state index contributed by atoms with van der Waals surface area (Å²) in [6.45, 7) is 3.49. The van der Waals surface area contributed by atoms with Crippen molar-refractivity contribution >= 4 is 29.1 Å². The Hall–Kier alpha value is -3.26. The van der Waals surface area contributed by atoms with Crippen molar-refractivity contribution in [1.29, 1.82) is 0 Å². The molecule has 0 radical (unpaired) electrons. The number of carbonyl (C=O) groups is 3. The van der Waals surface area contributed by atoms with Crippen LogP contribution in [0.15, 0.2) is 42.7 Å². The Balaban J connectivity index is 1.68. The van der Waals surface area contributed by atoms with Gasteiger partial charge >= 0.3 is 0 Å². The van der Waals surface area contributed by atoms with Crippen molar-refractivity contribution < 1.29 is 19.1 Å². The average Bonchev–Trinajstić information content (AvgIpc) is 2.69. The number of pyridine rings is 1. The van der Waals surface area contributed by atoms with Gasteiger partial charge in [-0.05, 0) is 30.3 Å². The molecule has 8 nitrogen and oxygen atoms in total. The highest BCUT2D eigenvalue weighted by atomic mass is 16.5. The van der Waals surface area contributed by atoms with Crippen LogP contribution in [-0.4, -0.2) is 53.9 Å². The van der Waals surface area contributed by atoms with Crippen LogP contribution >= 0.6 is 0 Å². The molecule has 0 bridgehead atoms. The monoisotopic (exact) mass is 368 g/mol. The van der Waals surface area contributed by atoms with Gasteiger partial charge in [0.15, 0.2) is 0 Å². The van der Waals surface area contributed by atoms with Crippen molar-refractivity contribution in [2.24, 2.45) is 0 Å². The van der Waals surface area contributed by atoms with Crippen molar-refractivity contribution in [3.63, 3.8) is 0 Å². The summed E-state index contributed by atoms with van der Waals surface area (Å²) in [7, 11) is 0. The third-order valence-corrected chi connectivity index (χ3v) is 4.01. The number of hydrogen-bond donors (Lipinski definition) is 2. The van der Waals surface area contributed by atoms with Crippen LogP contribution in [0.1, 0.15) is 27.6 Å². The predicted octanol–water partition coefficient (Wildman–Crippen LogP) is 1.76. The second-order valence-electron chi connectivity index (χ2n) is 6.08. The van der Waals surface area contributed by atoms with E-state index in [1.807, 2.05) is 0 Å². The summed E-state index contributed by atoms with van der Waals surface area (Å²) in [5.41, 5.74) is 1.87. The molecule has 1 aromatic heterocycles. The maximum Gasteiger partial charge on any atom is 0.257 e. The molecule has 2 N–H and O–H groups in total. The minimum atomic E-state index is -0.369. The summed E-state index contributed by atoms with van der Waals surface area (Å²) in [6.07, 6.45) is 2.87. The number of hydrogen-bond acceptors (Lipinski definition) is 5. The van der Waals surface area contributed by atoms with E-state index < -0.39 is 0 Å². The van der Waals surface area contributed by atoms with E-state index in [4.69, 9.17) is 4.74 Å². The van der Waals surface area contributed by atoms with Gasteiger partial charge in [0.1, 0.15) is 0 Å². The number of aromatic nitrogens is 1. The molecule has 0 spiro atoms. The molecule has 2 aromatic rings. The summed E-state index contributed by atoms with van der Waals surface area (Å²) in [4.78, 5) is 41.7. The fraction of sp³-hybridized carbons (Fsp3) is 0.263. The van der Waals surface area contributed by atoms with E-state index in [0.29, 0.717) is 48.8 Å². The number of nitrogens with one attached hydrogen (secondary N) is 2. The zero-order valence-electron chi connectivity index (χ0n) is 14.9. The fourth-order valence-corrected chi connectivity index (χ4v) is 2.67. The van der Waals surface area contributed by atoms with Gasteiger partial charge in [0.05, 0.1) is 24.3 Å². The molecule has 1 fully saturated rings. The lowest BCUT2D eigenvalue weighted by molar-refractivity contribution is -0.114. The first-order valence-electron chi connectivity index (χ1n) is 8.54. The van der Waals surface area contributed by atoms with Crippen LogP contribution in [0.2, 0.25) is 0 Å². The molecule has 0 unspecified atom stereocenters. The third-order valence-electron chi connectivity index (χ3n) is 4.01. The lowest BCUT2D eigenvalue weighted by atomic mass is 10.1. The smallest absolute Gasteiger partial charge is 0.257 e. The molecule has 1 aliphatic heterocycles. The topological polar surface area (TPSA) is 101 Å². The standard InChI is InChI=1S/C19H20N4O4/c1-13(24)21-16-2-4-17(5-3-16)22-18(25)14-10-15(12-20-11-14)19(26)23-6-8-27-9-7-23/h2-5,10-12H,6-9H2,1H3,(H,21,24)(H,22,25). The average molecular weight is 368 g/mol. The quantitative estimate of drug-likeness (QED) is 0.857. The van der Waals surface area contributed by atoms with E-state index in [2.05, 4.69) is 15.6 Å². The lowest BCUT2D eigenvalue weighted by Gasteiger charge is -2.26. The van der Waals surface area contributed by atoms with Crippen LogP contribution in [0.25, 0.3) is 0 Å². The number of benzene rings is 1. The van der Waals surface area contributed by atoms with Crippen molar-refractivity contribution in [3.8, 4) is 0 Å². The first-order valence-corrected chi connectivity index (χ1v) is 8.54. The van der Waals surface area contributed by atoms with E-state index >= 15 is 0 Å². The summed E-state index contributed by atoms with van der Waals surface area (Å²) in [5.74, 6) is -0.703. The van der Waals surface area contributed by atoms with Crippen LogP contribution < -0.4 is 10.6 Å². The summed E-state index contributed by atoms with van der Waals surface area (Å²) in [5, 5.41) is 5.40. The maximum absolute atomic E-state index is 12.5. The van der Waals surface area contributed by atoms with Gasteiger partial charge in [-0.3, -0.25) is 19.4 Å². The molecule has 1 saturated heterocycles. The highest BCUT2D eigenvalue weighted by Crippen LogP contribution is 2.15. The van der Waals surface area contributed by atoms with Gasteiger partial charge in [-0.25, -0.2) is 0 Å². The molecule has 140 valence electrons. The molecule has 3 amide bonds. The normalized spacial score (nSPS) is 13.7. The van der Waals surface area contributed by atoms with Crippen molar-refractivity contribution in [3.05, 3.63) is 53.9 Å². The van der Waals surface area contributed by atoms with Gasteiger partial charge in [0.2, 0.25) is 5.91 Å². The van der Waals surface area contributed by atoms with Crippen molar-refractivity contribution in [2.45, 2.75) is 6.92 Å². The molecule has 27 heavy (non-hydrogen) atoms. The number of anilines is 2. The second kappa shape index (κ2) is 8.41. The Labute approximate surface area is 156 Å². The Bertz CT molecular complexity index is 845. The van der Waals surface area contributed by atoms with Crippen LogP contribution in [0.5, 0.6) is 0 Å². The van der Waals surface area contributed by atoms with Crippen LogP contribution in [-0.2, 0) is 9.53 Å².